The lowest BCUT2D eigenvalue weighted by Gasteiger charge is -2.10. The van der Waals surface area contributed by atoms with Gasteiger partial charge in [0.05, 0.1) is 0 Å². The lowest BCUT2D eigenvalue weighted by Crippen LogP contribution is -2.43. The molecule has 2 amide bonds. The third-order valence-corrected chi connectivity index (χ3v) is 3.90. The van der Waals surface area contributed by atoms with Crippen LogP contribution in [0.1, 0.15) is 21.5 Å². The van der Waals surface area contributed by atoms with E-state index < -0.39 is 11.8 Å². The zero-order valence-corrected chi connectivity index (χ0v) is 15.9. The molecule has 148 valence electrons. The lowest BCUT2D eigenvalue weighted by molar-refractivity contribution is -0.123. The molecule has 0 saturated carbocycles. The van der Waals surface area contributed by atoms with Crippen molar-refractivity contribution in [3.63, 3.8) is 0 Å². The van der Waals surface area contributed by atoms with E-state index in [9.17, 15) is 9.59 Å². The van der Waals surface area contributed by atoms with Gasteiger partial charge in [-0.1, -0.05) is 24.3 Å². The summed E-state index contributed by atoms with van der Waals surface area (Å²) in [4.78, 5) is 28.2. The molecule has 3 rings (SSSR count). The second-order valence-corrected chi connectivity index (χ2v) is 6.29. The van der Waals surface area contributed by atoms with Crippen molar-refractivity contribution >= 4 is 11.8 Å². The number of aryl methyl sites for hydroxylation is 1. The Balaban J connectivity index is 1.46. The van der Waals surface area contributed by atoms with Crippen LogP contribution in [-0.2, 0) is 11.4 Å². The highest BCUT2D eigenvalue weighted by Gasteiger charge is 2.09. The summed E-state index contributed by atoms with van der Waals surface area (Å²) in [5, 5.41) is 0. The van der Waals surface area contributed by atoms with Crippen LogP contribution in [0.15, 0.2) is 73.1 Å². The second kappa shape index (κ2) is 9.89. The first kappa shape index (κ1) is 19.9. The maximum absolute atomic E-state index is 12.3. The maximum atomic E-state index is 12.3. The van der Waals surface area contributed by atoms with Gasteiger partial charge in [0, 0.05) is 23.5 Å². The number of hydrogen-bond acceptors (Lipinski definition) is 5. The molecule has 0 unspecified atom stereocenters. The molecule has 7 heteroatoms. The van der Waals surface area contributed by atoms with Gasteiger partial charge in [-0.3, -0.25) is 25.4 Å². The van der Waals surface area contributed by atoms with Gasteiger partial charge in [0.15, 0.2) is 6.61 Å². The number of benzene rings is 2. The smallest absolute Gasteiger partial charge is 0.276 e. The van der Waals surface area contributed by atoms with E-state index in [0.717, 1.165) is 11.1 Å². The van der Waals surface area contributed by atoms with Crippen molar-refractivity contribution in [2.45, 2.75) is 13.5 Å². The topological polar surface area (TPSA) is 89.6 Å². The third-order valence-electron chi connectivity index (χ3n) is 3.90. The molecule has 3 aromatic rings. The number of rotatable bonds is 7. The molecule has 2 N–H and O–H groups in total. The van der Waals surface area contributed by atoms with Gasteiger partial charge in [0.25, 0.3) is 11.8 Å². The number of hydrazine groups is 1. The molecular weight excluding hydrogens is 370 g/mol. The third kappa shape index (κ3) is 6.35. The molecule has 0 fully saturated rings. The normalized spacial score (nSPS) is 10.1. The van der Waals surface area contributed by atoms with Crippen molar-refractivity contribution in [3.05, 3.63) is 89.7 Å². The van der Waals surface area contributed by atoms with Crippen molar-refractivity contribution in [3.8, 4) is 11.5 Å². The summed E-state index contributed by atoms with van der Waals surface area (Å²) in [7, 11) is 0. The van der Waals surface area contributed by atoms with Gasteiger partial charge in [-0.15, -0.1) is 0 Å². The molecule has 0 aliphatic heterocycles. The van der Waals surface area contributed by atoms with Crippen molar-refractivity contribution in [2.24, 2.45) is 0 Å². The number of pyridine rings is 1. The van der Waals surface area contributed by atoms with Crippen LogP contribution < -0.4 is 20.3 Å². The van der Waals surface area contributed by atoms with Crippen molar-refractivity contribution in [1.29, 1.82) is 0 Å². The molecule has 0 spiro atoms. The van der Waals surface area contributed by atoms with E-state index in [1.54, 1.807) is 42.7 Å². The van der Waals surface area contributed by atoms with Crippen molar-refractivity contribution in [2.75, 3.05) is 6.61 Å². The predicted octanol–water partition coefficient (Wildman–Crippen LogP) is 2.81. The van der Waals surface area contributed by atoms with E-state index in [1.165, 1.54) is 0 Å². The average Bonchev–Trinajstić information content (AvgIpc) is 2.75. The minimum atomic E-state index is -0.469. The Bertz CT molecular complexity index is 977. The fourth-order valence-corrected chi connectivity index (χ4v) is 2.47. The first-order valence-corrected chi connectivity index (χ1v) is 9.00. The lowest BCUT2D eigenvalue weighted by atomic mass is 10.2. The van der Waals surface area contributed by atoms with Gasteiger partial charge < -0.3 is 9.47 Å². The molecule has 7 nitrogen and oxygen atoms in total. The Morgan fingerprint density at radius 1 is 0.931 bits per heavy atom. The standard InChI is InChI=1S/C22H21N3O4/c1-16-5-2-8-19(11-16)29-15-21(26)24-25-22(27)18-7-3-9-20(12-18)28-14-17-6-4-10-23-13-17/h2-13H,14-15H2,1H3,(H,24,26)(H,25,27). The fourth-order valence-electron chi connectivity index (χ4n) is 2.47. The molecule has 29 heavy (non-hydrogen) atoms. The van der Waals surface area contributed by atoms with Crippen LogP contribution >= 0.6 is 0 Å². The summed E-state index contributed by atoms with van der Waals surface area (Å²) < 4.78 is 11.1. The molecule has 1 aromatic heterocycles. The first-order chi connectivity index (χ1) is 14.1. The van der Waals surface area contributed by atoms with Gasteiger partial charge in [0.1, 0.15) is 18.1 Å². The Kier molecular flexibility index (Phi) is 6.78. The SMILES string of the molecule is Cc1cccc(OCC(=O)NNC(=O)c2cccc(OCc3cccnc3)c2)c1. The highest BCUT2D eigenvalue weighted by atomic mass is 16.5. The second-order valence-electron chi connectivity index (χ2n) is 6.29. The Labute approximate surface area is 168 Å². The van der Waals surface area contributed by atoms with Gasteiger partial charge >= 0.3 is 0 Å². The zero-order chi connectivity index (χ0) is 20.5. The highest BCUT2D eigenvalue weighted by molar-refractivity contribution is 5.95. The van der Waals surface area contributed by atoms with Crippen molar-refractivity contribution < 1.29 is 19.1 Å². The van der Waals surface area contributed by atoms with E-state index in [2.05, 4.69) is 15.8 Å². The van der Waals surface area contributed by atoms with E-state index in [1.807, 2.05) is 37.3 Å². The predicted molar refractivity (Wildman–Crippen MR) is 107 cm³/mol. The number of ether oxygens (including phenoxy) is 2. The van der Waals surface area contributed by atoms with Crippen LogP contribution in [0.5, 0.6) is 11.5 Å². The van der Waals surface area contributed by atoms with Crippen LogP contribution in [-0.4, -0.2) is 23.4 Å². The first-order valence-electron chi connectivity index (χ1n) is 9.00. The van der Waals surface area contributed by atoms with Gasteiger partial charge in [0.2, 0.25) is 0 Å². The summed E-state index contributed by atoms with van der Waals surface area (Å²) in [6.45, 7) is 2.06. The van der Waals surface area contributed by atoms with Gasteiger partial charge in [-0.2, -0.15) is 0 Å². The van der Waals surface area contributed by atoms with E-state index in [4.69, 9.17) is 9.47 Å². The Hall–Kier alpha value is -3.87. The highest BCUT2D eigenvalue weighted by Crippen LogP contribution is 2.15. The summed E-state index contributed by atoms with van der Waals surface area (Å²) in [6, 6.07) is 17.8. The minimum absolute atomic E-state index is 0.210. The summed E-state index contributed by atoms with van der Waals surface area (Å²) in [5.41, 5.74) is 7.00. The molecule has 0 atom stereocenters. The number of amides is 2. The maximum Gasteiger partial charge on any atom is 0.276 e. The van der Waals surface area contributed by atoms with Crippen LogP contribution in [0.3, 0.4) is 0 Å². The molecule has 0 saturated heterocycles. The van der Waals surface area contributed by atoms with Gasteiger partial charge in [-0.05, 0) is 48.9 Å². The van der Waals surface area contributed by atoms with E-state index >= 15 is 0 Å². The van der Waals surface area contributed by atoms with Crippen LogP contribution in [0.25, 0.3) is 0 Å². The molecule has 0 radical (unpaired) electrons. The molecule has 0 aliphatic rings. The number of nitrogens with one attached hydrogen (secondary N) is 2. The van der Waals surface area contributed by atoms with Gasteiger partial charge in [-0.25, -0.2) is 0 Å². The van der Waals surface area contributed by atoms with E-state index in [0.29, 0.717) is 23.7 Å². The quantitative estimate of drug-likeness (QED) is 0.605. The summed E-state index contributed by atoms with van der Waals surface area (Å²) >= 11 is 0. The minimum Gasteiger partial charge on any atom is -0.489 e. The monoisotopic (exact) mass is 391 g/mol. The van der Waals surface area contributed by atoms with Crippen LogP contribution in [0.2, 0.25) is 0 Å². The van der Waals surface area contributed by atoms with Crippen LogP contribution in [0, 0.1) is 6.92 Å². The average molecular weight is 391 g/mol. The zero-order valence-electron chi connectivity index (χ0n) is 15.9. The number of carbonyl (C=O) groups excluding carboxylic acids is 2. The number of aromatic nitrogens is 1. The van der Waals surface area contributed by atoms with Crippen LogP contribution in [0.4, 0.5) is 0 Å². The largest absolute Gasteiger partial charge is 0.489 e. The molecule has 0 bridgehead atoms. The molecule has 2 aromatic carbocycles. The molecule has 0 aliphatic carbocycles. The fraction of sp³-hybridized carbons (Fsp3) is 0.136. The molecule has 1 heterocycles. The number of hydrogen-bond donors (Lipinski definition) is 2. The van der Waals surface area contributed by atoms with Crippen molar-refractivity contribution in [1.82, 2.24) is 15.8 Å². The van der Waals surface area contributed by atoms with E-state index in [-0.39, 0.29) is 6.61 Å². The summed E-state index contributed by atoms with van der Waals surface area (Å²) in [6.07, 6.45) is 3.40. The Morgan fingerprint density at radius 3 is 2.48 bits per heavy atom. The summed E-state index contributed by atoms with van der Waals surface area (Å²) in [5.74, 6) is 0.199. The number of nitrogens with zero attached hydrogens (tertiary/aromatic N) is 1. The molecular formula is C22H21N3O4. The number of carbonyl (C=O) groups is 2. The Morgan fingerprint density at radius 2 is 1.72 bits per heavy atom.